The van der Waals surface area contributed by atoms with Crippen LogP contribution in [0.3, 0.4) is 0 Å². The van der Waals surface area contributed by atoms with E-state index in [-0.39, 0.29) is 0 Å². The number of hydrogen-bond acceptors (Lipinski definition) is 3. The van der Waals surface area contributed by atoms with Crippen LogP contribution in [0.5, 0.6) is 5.75 Å². The van der Waals surface area contributed by atoms with Gasteiger partial charge in [0.1, 0.15) is 5.75 Å². The highest BCUT2D eigenvalue weighted by Gasteiger charge is 2.05. The molecule has 0 fully saturated rings. The SMILES string of the molecule is CC#CCCOc1ccc(C)nc1CNCCC. The highest BCUT2D eigenvalue weighted by Crippen LogP contribution is 2.17. The number of pyridine rings is 1. The Kier molecular flexibility index (Phi) is 6.90. The van der Waals surface area contributed by atoms with E-state index in [4.69, 9.17) is 4.74 Å². The Morgan fingerprint density at radius 3 is 2.94 bits per heavy atom. The second-order valence-electron chi connectivity index (χ2n) is 4.10. The summed E-state index contributed by atoms with van der Waals surface area (Å²) in [5, 5.41) is 3.35. The lowest BCUT2D eigenvalue weighted by atomic mass is 10.2. The van der Waals surface area contributed by atoms with Gasteiger partial charge < -0.3 is 10.1 Å². The number of nitrogens with one attached hydrogen (secondary N) is 1. The molecule has 1 heterocycles. The average molecular weight is 246 g/mol. The molecular weight excluding hydrogens is 224 g/mol. The van der Waals surface area contributed by atoms with Crippen LogP contribution in [0.15, 0.2) is 12.1 Å². The van der Waals surface area contributed by atoms with E-state index < -0.39 is 0 Å². The predicted molar refractivity (Wildman–Crippen MR) is 74.5 cm³/mol. The molecule has 0 spiro atoms. The van der Waals surface area contributed by atoms with E-state index in [9.17, 15) is 0 Å². The fraction of sp³-hybridized carbons (Fsp3) is 0.533. The van der Waals surface area contributed by atoms with Crippen molar-refractivity contribution in [2.45, 2.75) is 40.2 Å². The van der Waals surface area contributed by atoms with E-state index in [1.807, 2.05) is 26.0 Å². The zero-order chi connectivity index (χ0) is 13.2. The van der Waals surface area contributed by atoms with E-state index in [1.54, 1.807) is 0 Å². The van der Waals surface area contributed by atoms with Gasteiger partial charge in [0.15, 0.2) is 0 Å². The summed E-state index contributed by atoms with van der Waals surface area (Å²) in [6.45, 7) is 8.35. The molecule has 0 aliphatic carbocycles. The van der Waals surface area contributed by atoms with Crippen molar-refractivity contribution in [1.29, 1.82) is 0 Å². The molecule has 3 heteroatoms. The zero-order valence-corrected chi connectivity index (χ0v) is 11.5. The average Bonchev–Trinajstić information content (AvgIpc) is 2.37. The number of hydrogen-bond donors (Lipinski definition) is 1. The zero-order valence-electron chi connectivity index (χ0n) is 11.5. The van der Waals surface area contributed by atoms with Gasteiger partial charge in [-0.15, -0.1) is 11.8 Å². The number of rotatable bonds is 7. The summed E-state index contributed by atoms with van der Waals surface area (Å²) in [6, 6.07) is 3.97. The third kappa shape index (κ3) is 5.20. The maximum Gasteiger partial charge on any atom is 0.142 e. The molecule has 0 unspecified atom stereocenters. The number of aryl methyl sites for hydroxylation is 1. The Bertz CT molecular complexity index is 418. The lowest BCUT2D eigenvalue weighted by molar-refractivity contribution is 0.320. The molecule has 0 saturated heterocycles. The van der Waals surface area contributed by atoms with Gasteiger partial charge in [-0.2, -0.15) is 0 Å². The van der Waals surface area contributed by atoms with E-state index in [2.05, 4.69) is 29.1 Å². The van der Waals surface area contributed by atoms with Crippen LogP contribution >= 0.6 is 0 Å². The van der Waals surface area contributed by atoms with Crippen LogP contribution < -0.4 is 10.1 Å². The molecule has 0 atom stereocenters. The normalized spacial score (nSPS) is 9.72. The molecule has 0 amide bonds. The fourth-order valence-corrected chi connectivity index (χ4v) is 1.58. The predicted octanol–water partition coefficient (Wildman–Crippen LogP) is 2.68. The third-order valence-electron chi connectivity index (χ3n) is 2.45. The lowest BCUT2D eigenvalue weighted by Gasteiger charge is -2.11. The van der Waals surface area contributed by atoms with Crippen molar-refractivity contribution in [2.24, 2.45) is 0 Å². The van der Waals surface area contributed by atoms with Gasteiger partial charge in [-0.05, 0) is 38.9 Å². The monoisotopic (exact) mass is 246 g/mol. The van der Waals surface area contributed by atoms with E-state index in [0.717, 1.165) is 43.1 Å². The number of aromatic nitrogens is 1. The summed E-state index contributed by atoms with van der Waals surface area (Å²) >= 11 is 0. The standard InChI is InChI=1S/C15H22N2O/c1-4-6-7-11-18-15-9-8-13(3)17-14(15)12-16-10-5-2/h8-9,16H,5,7,10-12H2,1-3H3. The molecule has 1 aromatic rings. The van der Waals surface area contributed by atoms with Gasteiger partial charge in [-0.3, -0.25) is 4.98 Å². The second-order valence-corrected chi connectivity index (χ2v) is 4.10. The van der Waals surface area contributed by atoms with Crippen LogP contribution in [0, 0.1) is 18.8 Å². The Balaban J connectivity index is 2.59. The topological polar surface area (TPSA) is 34.1 Å². The van der Waals surface area contributed by atoms with Gasteiger partial charge in [0, 0.05) is 18.7 Å². The van der Waals surface area contributed by atoms with Crippen molar-refractivity contribution in [3.05, 3.63) is 23.5 Å². The molecule has 0 radical (unpaired) electrons. The van der Waals surface area contributed by atoms with E-state index >= 15 is 0 Å². The van der Waals surface area contributed by atoms with Crippen LogP contribution in [0.1, 0.15) is 38.1 Å². The number of nitrogens with zero attached hydrogens (tertiary/aromatic N) is 1. The molecule has 1 N–H and O–H groups in total. The maximum atomic E-state index is 5.72. The Morgan fingerprint density at radius 2 is 2.22 bits per heavy atom. The number of ether oxygens (including phenoxy) is 1. The summed E-state index contributed by atoms with van der Waals surface area (Å²) in [5.41, 5.74) is 2.00. The van der Waals surface area contributed by atoms with Crippen molar-refractivity contribution >= 4 is 0 Å². The summed E-state index contributed by atoms with van der Waals surface area (Å²) in [7, 11) is 0. The molecule has 1 rings (SSSR count). The van der Waals surface area contributed by atoms with Crippen LogP contribution in [-0.2, 0) is 6.54 Å². The minimum Gasteiger partial charge on any atom is -0.491 e. The van der Waals surface area contributed by atoms with E-state index in [0.29, 0.717) is 6.61 Å². The maximum absolute atomic E-state index is 5.72. The lowest BCUT2D eigenvalue weighted by Crippen LogP contribution is -2.16. The van der Waals surface area contributed by atoms with Crippen LogP contribution in [0.2, 0.25) is 0 Å². The van der Waals surface area contributed by atoms with Gasteiger partial charge in [0.25, 0.3) is 0 Å². The molecule has 0 bridgehead atoms. The molecule has 0 saturated carbocycles. The van der Waals surface area contributed by atoms with Gasteiger partial charge in [-0.25, -0.2) is 0 Å². The quantitative estimate of drug-likeness (QED) is 0.593. The van der Waals surface area contributed by atoms with Crippen molar-refractivity contribution in [3.63, 3.8) is 0 Å². The molecule has 0 aromatic carbocycles. The van der Waals surface area contributed by atoms with Crippen LogP contribution in [0.4, 0.5) is 0 Å². The molecule has 0 aliphatic rings. The molecule has 0 aliphatic heterocycles. The minimum atomic E-state index is 0.617. The summed E-state index contributed by atoms with van der Waals surface area (Å²) < 4.78 is 5.72. The summed E-state index contributed by atoms with van der Waals surface area (Å²) in [6.07, 6.45) is 1.88. The highest BCUT2D eigenvalue weighted by atomic mass is 16.5. The van der Waals surface area contributed by atoms with Crippen LogP contribution in [0.25, 0.3) is 0 Å². The largest absolute Gasteiger partial charge is 0.491 e. The minimum absolute atomic E-state index is 0.617. The fourth-order valence-electron chi connectivity index (χ4n) is 1.58. The first kappa shape index (κ1) is 14.5. The molecule has 18 heavy (non-hydrogen) atoms. The molecule has 3 nitrogen and oxygen atoms in total. The first-order chi connectivity index (χ1) is 8.77. The van der Waals surface area contributed by atoms with Gasteiger partial charge in [0.2, 0.25) is 0 Å². The van der Waals surface area contributed by atoms with Crippen molar-refractivity contribution in [1.82, 2.24) is 10.3 Å². The van der Waals surface area contributed by atoms with Crippen molar-refractivity contribution < 1.29 is 4.74 Å². The first-order valence-electron chi connectivity index (χ1n) is 6.47. The Hall–Kier alpha value is -1.53. The highest BCUT2D eigenvalue weighted by molar-refractivity contribution is 5.29. The third-order valence-corrected chi connectivity index (χ3v) is 2.45. The molecule has 1 aromatic heterocycles. The smallest absolute Gasteiger partial charge is 0.142 e. The van der Waals surface area contributed by atoms with Crippen LogP contribution in [-0.4, -0.2) is 18.1 Å². The van der Waals surface area contributed by atoms with Gasteiger partial charge >= 0.3 is 0 Å². The summed E-state index contributed by atoms with van der Waals surface area (Å²) in [4.78, 5) is 4.52. The molecular formula is C15H22N2O. The van der Waals surface area contributed by atoms with E-state index in [1.165, 1.54) is 0 Å². The van der Waals surface area contributed by atoms with Gasteiger partial charge in [-0.1, -0.05) is 6.92 Å². The van der Waals surface area contributed by atoms with Gasteiger partial charge in [0.05, 0.1) is 12.3 Å². The van der Waals surface area contributed by atoms with Crippen molar-refractivity contribution in [2.75, 3.05) is 13.2 Å². The first-order valence-corrected chi connectivity index (χ1v) is 6.47. The van der Waals surface area contributed by atoms with Crippen molar-refractivity contribution in [3.8, 4) is 17.6 Å². The summed E-state index contributed by atoms with van der Waals surface area (Å²) in [5.74, 6) is 6.72. The Labute approximate surface area is 110 Å². The Morgan fingerprint density at radius 1 is 1.39 bits per heavy atom. The molecule has 98 valence electrons. The second kappa shape index (κ2) is 8.54.